The Morgan fingerprint density at radius 1 is 1.35 bits per heavy atom. The number of carbonyl (C=O) groups is 1. The predicted octanol–water partition coefficient (Wildman–Crippen LogP) is 1.85. The molecule has 20 heavy (non-hydrogen) atoms. The van der Waals surface area contributed by atoms with E-state index in [0.29, 0.717) is 5.82 Å². The molecule has 1 aromatic carbocycles. The summed E-state index contributed by atoms with van der Waals surface area (Å²) in [5.41, 5.74) is 5.79. The summed E-state index contributed by atoms with van der Waals surface area (Å²) in [4.78, 5) is 27.8. The first kappa shape index (κ1) is 13.5. The fourth-order valence-corrected chi connectivity index (χ4v) is 1.68. The molecule has 0 aliphatic rings. The van der Waals surface area contributed by atoms with Crippen LogP contribution >= 0.6 is 0 Å². The smallest absolute Gasteiger partial charge is 0.270 e. The van der Waals surface area contributed by atoms with Crippen molar-refractivity contribution < 1.29 is 9.72 Å². The summed E-state index contributed by atoms with van der Waals surface area (Å²) in [6.07, 6.45) is 1.55. The van der Waals surface area contributed by atoms with Gasteiger partial charge in [0.15, 0.2) is 0 Å². The summed E-state index contributed by atoms with van der Waals surface area (Å²) < 4.78 is 0. The average molecular weight is 272 g/mol. The summed E-state index contributed by atoms with van der Waals surface area (Å²) in [6, 6.07) is 8.89. The van der Waals surface area contributed by atoms with Crippen LogP contribution in [0.1, 0.15) is 10.4 Å². The van der Waals surface area contributed by atoms with Crippen LogP contribution < -0.4 is 10.6 Å². The van der Waals surface area contributed by atoms with Crippen LogP contribution in [0.15, 0.2) is 42.6 Å². The van der Waals surface area contributed by atoms with Crippen molar-refractivity contribution in [2.75, 3.05) is 17.7 Å². The van der Waals surface area contributed by atoms with Gasteiger partial charge in [0.25, 0.3) is 11.6 Å². The molecule has 1 aromatic heterocycles. The van der Waals surface area contributed by atoms with Crippen LogP contribution in [0, 0.1) is 10.1 Å². The maximum atomic E-state index is 12.3. The SMILES string of the molecule is CN(C(=O)c1cc([N+](=O)[O-])ccc1N)c1ccccn1. The van der Waals surface area contributed by atoms with E-state index in [1.165, 1.54) is 24.1 Å². The molecule has 0 unspecified atom stereocenters. The molecule has 7 heteroatoms. The van der Waals surface area contributed by atoms with Crippen molar-refractivity contribution in [3.8, 4) is 0 Å². The highest BCUT2D eigenvalue weighted by atomic mass is 16.6. The molecule has 0 fully saturated rings. The standard InChI is InChI=1S/C13H12N4O3/c1-16(12-4-2-3-7-15-12)13(18)10-8-9(17(19)20)5-6-11(10)14/h2-8H,14H2,1H3. The van der Waals surface area contributed by atoms with Crippen molar-refractivity contribution in [1.29, 1.82) is 0 Å². The number of rotatable bonds is 3. The molecule has 0 atom stereocenters. The molecule has 0 saturated carbocycles. The van der Waals surface area contributed by atoms with Gasteiger partial charge in [0.2, 0.25) is 0 Å². The first-order valence-electron chi connectivity index (χ1n) is 5.73. The number of hydrogen-bond donors (Lipinski definition) is 1. The van der Waals surface area contributed by atoms with Crippen LogP contribution in [0.5, 0.6) is 0 Å². The zero-order chi connectivity index (χ0) is 14.7. The molecule has 2 N–H and O–H groups in total. The quantitative estimate of drug-likeness (QED) is 0.521. The summed E-state index contributed by atoms with van der Waals surface area (Å²) >= 11 is 0. The van der Waals surface area contributed by atoms with E-state index in [-0.39, 0.29) is 16.9 Å². The minimum Gasteiger partial charge on any atom is -0.398 e. The second-order valence-corrected chi connectivity index (χ2v) is 4.08. The van der Waals surface area contributed by atoms with Gasteiger partial charge >= 0.3 is 0 Å². The summed E-state index contributed by atoms with van der Waals surface area (Å²) in [5, 5.41) is 10.8. The molecule has 2 aromatic rings. The lowest BCUT2D eigenvalue weighted by atomic mass is 10.1. The number of nitrogen functional groups attached to an aromatic ring is 1. The molecule has 0 aliphatic carbocycles. The number of nitrogens with two attached hydrogens (primary N) is 1. The lowest BCUT2D eigenvalue weighted by Gasteiger charge is -2.16. The number of carbonyl (C=O) groups excluding carboxylic acids is 1. The minimum absolute atomic E-state index is 0.0763. The van der Waals surface area contributed by atoms with E-state index in [1.54, 1.807) is 24.4 Å². The largest absolute Gasteiger partial charge is 0.398 e. The zero-order valence-corrected chi connectivity index (χ0v) is 10.7. The van der Waals surface area contributed by atoms with Crippen molar-refractivity contribution >= 4 is 23.1 Å². The Kier molecular flexibility index (Phi) is 3.60. The number of amides is 1. The maximum absolute atomic E-state index is 12.3. The maximum Gasteiger partial charge on any atom is 0.270 e. The van der Waals surface area contributed by atoms with E-state index in [9.17, 15) is 14.9 Å². The number of pyridine rings is 1. The molecular formula is C13H12N4O3. The second kappa shape index (κ2) is 5.35. The highest BCUT2D eigenvalue weighted by Gasteiger charge is 2.20. The van der Waals surface area contributed by atoms with Crippen molar-refractivity contribution in [3.05, 3.63) is 58.3 Å². The number of benzene rings is 1. The Bertz CT molecular complexity index is 658. The van der Waals surface area contributed by atoms with E-state index in [2.05, 4.69) is 4.98 Å². The van der Waals surface area contributed by atoms with Gasteiger partial charge in [-0.1, -0.05) is 6.07 Å². The molecule has 0 saturated heterocycles. The summed E-state index contributed by atoms with van der Waals surface area (Å²) in [7, 11) is 1.53. The highest BCUT2D eigenvalue weighted by molar-refractivity contribution is 6.08. The third-order valence-corrected chi connectivity index (χ3v) is 2.78. The first-order valence-corrected chi connectivity index (χ1v) is 5.73. The molecule has 0 aliphatic heterocycles. The normalized spacial score (nSPS) is 10.1. The van der Waals surface area contributed by atoms with Gasteiger partial charge in [-0.15, -0.1) is 0 Å². The van der Waals surface area contributed by atoms with Crippen LogP contribution in [0.2, 0.25) is 0 Å². The van der Waals surface area contributed by atoms with Gasteiger partial charge in [-0.05, 0) is 18.2 Å². The predicted molar refractivity (Wildman–Crippen MR) is 74.5 cm³/mol. The fourth-order valence-electron chi connectivity index (χ4n) is 1.68. The molecule has 7 nitrogen and oxygen atoms in total. The van der Waals surface area contributed by atoms with E-state index >= 15 is 0 Å². The average Bonchev–Trinajstić information content (AvgIpc) is 2.47. The topological polar surface area (TPSA) is 102 Å². The van der Waals surface area contributed by atoms with Crippen molar-refractivity contribution in [1.82, 2.24) is 4.98 Å². The monoisotopic (exact) mass is 272 g/mol. The number of anilines is 2. The summed E-state index contributed by atoms with van der Waals surface area (Å²) in [5.74, 6) is -0.0201. The molecule has 1 heterocycles. The molecule has 0 radical (unpaired) electrons. The number of nitro benzene ring substituents is 1. The Labute approximate surface area is 114 Å². The van der Waals surface area contributed by atoms with Gasteiger partial charge in [0.1, 0.15) is 5.82 Å². The molecule has 2 rings (SSSR count). The highest BCUT2D eigenvalue weighted by Crippen LogP contribution is 2.22. The van der Waals surface area contributed by atoms with Gasteiger partial charge in [-0.3, -0.25) is 19.8 Å². The minimum atomic E-state index is -0.572. The molecular weight excluding hydrogens is 260 g/mol. The second-order valence-electron chi connectivity index (χ2n) is 4.08. The number of nitrogens with zero attached hydrogens (tertiary/aromatic N) is 3. The van der Waals surface area contributed by atoms with Crippen LogP contribution in [0.25, 0.3) is 0 Å². The number of aromatic nitrogens is 1. The first-order chi connectivity index (χ1) is 9.50. The molecule has 0 bridgehead atoms. The van der Waals surface area contributed by atoms with E-state index < -0.39 is 10.8 Å². The Morgan fingerprint density at radius 3 is 2.70 bits per heavy atom. The number of hydrogen-bond acceptors (Lipinski definition) is 5. The molecule has 1 amide bonds. The Balaban J connectivity index is 2.38. The third-order valence-electron chi connectivity index (χ3n) is 2.78. The van der Waals surface area contributed by atoms with Crippen molar-refractivity contribution in [2.45, 2.75) is 0 Å². The van der Waals surface area contributed by atoms with Crippen molar-refractivity contribution in [2.24, 2.45) is 0 Å². The van der Waals surface area contributed by atoms with Gasteiger partial charge in [-0.2, -0.15) is 0 Å². The number of non-ortho nitro benzene ring substituents is 1. The number of nitro groups is 1. The van der Waals surface area contributed by atoms with Gasteiger partial charge in [0.05, 0.1) is 10.5 Å². The van der Waals surface area contributed by atoms with Crippen LogP contribution in [0.4, 0.5) is 17.2 Å². The van der Waals surface area contributed by atoms with Crippen LogP contribution in [-0.2, 0) is 0 Å². The van der Waals surface area contributed by atoms with Crippen LogP contribution in [-0.4, -0.2) is 22.9 Å². The van der Waals surface area contributed by atoms with E-state index in [1.807, 2.05) is 0 Å². The lowest BCUT2D eigenvalue weighted by Crippen LogP contribution is -2.27. The molecule has 102 valence electrons. The van der Waals surface area contributed by atoms with E-state index in [4.69, 9.17) is 5.73 Å². The zero-order valence-electron chi connectivity index (χ0n) is 10.7. The van der Waals surface area contributed by atoms with Gasteiger partial charge in [0, 0.05) is 31.1 Å². The lowest BCUT2D eigenvalue weighted by molar-refractivity contribution is -0.384. The summed E-state index contributed by atoms with van der Waals surface area (Å²) in [6.45, 7) is 0. The Morgan fingerprint density at radius 2 is 2.10 bits per heavy atom. The molecule has 0 spiro atoms. The van der Waals surface area contributed by atoms with Gasteiger partial charge in [-0.25, -0.2) is 4.98 Å². The van der Waals surface area contributed by atoms with E-state index in [0.717, 1.165) is 6.07 Å². The van der Waals surface area contributed by atoms with Crippen molar-refractivity contribution in [3.63, 3.8) is 0 Å². The third kappa shape index (κ3) is 2.56. The Hall–Kier alpha value is -2.96. The van der Waals surface area contributed by atoms with Crippen LogP contribution in [0.3, 0.4) is 0 Å². The van der Waals surface area contributed by atoms with Gasteiger partial charge < -0.3 is 5.73 Å². The fraction of sp³-hybridized carbons (Fsp3) is 0.0769.